The van der Waals surface area contributed by atoms with E-state index >= 15 is 0 Å². The Morgan fingerprint density at radius 1 is 1.21 bits per heavy atom. The number of rotatable bonds is 1. The van der Waals surface area contributed by atoms with Crippen LogP contribution in [0.1, 0.15) is 32.6 Å². The van der Waals surface area contributed by atoms with Gasteiger partial charge in [0.2, 0.25) is 0 Å². The minimum absolute atomic E-state index is 0.384. The Labute approximate surface area is 86.5 Å². The van der Waals surface area contributed by atoms with Gasteiger partial charge in [-0.2, -0.15) is 0 Å². The Balaban J connectivity index is 1.82. The molecule has 0 aromatic heterocycles. The van der Waals surface area contributed by atoms with Crippen molar-refractivity contribution in [1.29, 1.82) is 0 Å². The van der Waals surface area contributed by atoms with Crippen molar-refractivity contribution in [2.75, 3.05) is 26.2 Å². The molecule has 14 heavy (non-hydrogen) atoms. The summed E-state index contributed by atoms with van der Waals surface area (Å²) in [7, 11) is 0. The zero-order chi connectivity index (χ0) is 10.0. The lowest BCUT2D eigenvalue weighted by Crippen LogP contribution is -2.50. The molecular weight excluding hydrogens is 176 g/mol. The topological polar surface area (TPSA) is 35.5 Å². The summed E-state index contributed by atoms with van der Waals surface area (Å²) in [6.07, 6.45) is 4.29. The zero-order valence-electron chi connectivity index (χ0n) is 9.13. The molecule has 2 rings (SSSR count). The molecule has 0 radical (unpaired) electrons. The minimum atomic E-state index is -0.384. The molecule has 1 aliphatic heterocycles. The van der Waals surface area contributed by atoms with Crippen molar-refractivity contribution in [2.45, 2.75) is 44.2 Å². The molecule has 0 atom stereocenters. The standard InChI is InChI=1S/C11H22N2O/c1-11(14)4-2-10(3-5-11)13-8-6-12-7-9-13/h10,12,14H,2-9H2,1H3. The second kappa shape index (κ2) is 4.17. The number of piperazine rings is 1. The summed E-state index contributed by atoms with van der Waals surface area (Å²) in [5, 5.41) is 13.2. The van der Waals surface area contributed by atoms with E-state index in [0.717, 1.165) is 32.0 Å². The van der Waals surface area contributed by atoms with E-state index in [1.807, 2.05) is 6.92 Å². The monoisotopic (exact) mass is 198 g/mol. The Hall–Kier alpha value is -0.120. The Morgan fingerprint density at radius 3 is 2.36 bits per heavy atom. The SMILES string of the molecule is CC1(O)CCC(N2CCNCC2)CC1. The molecule has 0 aromatic rings. The number of hydrogen-bond donors (Lipinski definition) is 2. The summed E-state index contributed by atoms with van der Waals surface area (Å²) in [5.41, 5.74) is -0.384. The van der Waals surface area contributed by atoms with Gasteiger partial charge in [0.1, 0.15) is 0 Å². The van der Waals surface area contributed by atoms with Crippen molar-refractivity contribution in [2.24, 2.45) is 0 Å². The van der Waals surface area contributed by atoms with E-state index in [9.17, 15) is 5.11 Å². The van der Waals surface area contributed by atoms with Crippen molar-refractivity contribution in [3.63, 3.8) is 0 Å². The van der Waals surface area contributed by atoms with Crippen molar-refractivity contribution in [3.05, 3.63) is 0 Å². The van der Waals surface area contributed by atoms with E-state index in [4.69, 9.17) is 0 Å². The molecule has 1 saturated heterocycles. The molecule has 0 spiro atoms. The summed E-state index contributed by atoms with van der Waals surface area (Å²) in [6, 6.07) is 0.734. The van der Waals surface area contributed by atoms with Gasteiger partial charge in [0, 0.05) is 32.2 Å². The van der Waals surface area contributed by atoms with Crippen molar-refractivity contribution >= 4 is 0 Å². The Kier molecular flexibility index (Phi) is 3.10. The maximum absolute atomic E-state index is 9.86. The van der Waals surface area contributed by atoms with Gasteiger partial charge in [-0.25, -0.2) is 0 Å². The molecule has 82 valence electrons. The average Bonchev–Trinajstić information content (AvgIpc) is 2.19. The first-order valence-electron chi connectivity index (χ1n) is 5.84. The second-order valence-electron chi connectivity index (χ2n) is 5.01. The van der Waals surface area contributed by atoms with Gasteiger partial charge < -0.3 is 10.4 Å². The normalized spacial score (nSPS) is 41.1. The van der Waals surface area contributed by atoms with Gasteiger partial charge >= 0.3 is 0 Å². The smallest absolute Gasteiger partial charge is 0.0621 e. The van der Waals surface area contributed by atoms with Crippen LogP contribution in [0.5, 0.6) is 0 Å². The summed E-state index contributed by atoms with van der Waals surface area (Å²) < 4.78 is 0. The summed E-state index contributed by atoms with van der Waals surface area (Å²) >= 11 is 0. The molecule has 0 aromatic carbocycles. The third-order valence-electron chi connectivity index (χ3n) is 3.70. The fraction of sp³-hybridized carbons (Fsp3) is 1.00. The highest BCUT2D eigenvalue weighted by Crippen LogP contribution is 2.30. The van der Waals surface area contributed by atoms with Crippen LogP contribution >= 0.6 is 0 Å². The van der Waals surface area contributed by atoms with Gasteiger partial charge in [-0.15, -0.1) is 0 Å². The van der Waals surface area contributed by atoms with Crippen LogP contribution in [0.2, 0.25) is 0 Å². The first-order chi connectivity index (χ1) is 6.67. The van der Waals surface area contributed by atoms with Crippen molar-refractivity contribution in [1.82, 2.24) is 10.2 Å². The molecule has 0 amide bonds. The fourth-order valence-corrected chi connectivity index (χ4v) is 2.64. The molecule has 1 aliphatic carbocycles. The summed E-state index contributed by atoms with van der Waals surface area (Å²) in [6.45, 7) is 6.61. The molecule has 1 heterocycles. The molecule has 2 aliphatic rings. The molecule has 1 saturated carbocycles. The van der Waals surface area contributed by atoms with E-state index in [1.54, 1.807) is 0 Å². The maximum atomic E-state index is 9.86. The first-order valence-corrected chi connectivity index (χ1v) is 5.84. The lowest BCUT2D eigenvalue weighted by atomic mass is 9.83. The maximum Gasteiger partial charge on any atom is 0.0621 e. The van der Waals surface area contributed by atoms with Crippen LogP contribution in [0.3, 0.4) is 0 Å². The third-order valence-corrected chi connectivity index (χ3v) is 3.70. The van der Waals surface area contributed by atoms with Crippen LogP contribution in [-0.2, 0) is 0 Å². The van der Waals surface area contributed by atoms with Crippen LogP contribution in [0, 0.1) is 0 Å². The molecule has 3 heteroatoms. The van der Waals surface area contributed by atoms with E-state index in [-0.39, 0.29) is 5.60 Å². The van der Waals surface area contributed by atoms with Gasteiger partial charge in [0.05, 0.1) is 5.60 Å². The highest BCUT2D eigenvalue weighted by Gasteiger charge is 2.31. The largest absolute Gasteiger partial charge is 0.390 e. The highest BCUT2D eigenvalue weighted by molar-refractivity contribution is 4.87. The van der Waals surface area contributed by atoms with Crippen molar-refractivity contribution < 1.29 is 5.11 Å². The van der Waals surface area contributed by atoms with Gasteiger partial charge in [-0.05, 0) is 32.6 Å². The van der Waals surface area contributed by atoms with E-state index in [2.05, 4.69) is 10.2 Å². The van der Waals surface area contributed by atoms with Gasteiger partial charge in [0.25, 0.3) is 0 Å². The van der Waals surface area contributed by atoms with Gasteiger partial charge in [-0.1, -0.05) is 0 Å². The second-order valence-corrected chi connectivity index (χ2v) is 5.01. The van der Waals surface area contributed by atoms with Crippen LogP contribution < -0.4 is 5.32 Å². The third kappa shape index (κ3) is 2.47. The number of nitrogens with zero attached hydrogens (tertiary/aromatic N) is 1. The Morgan fingerprint density at radius 2 is 1.79 bits per heavy atom. The van der Waals surface area contributed by atoms with Gasteiger partial charge in [-0.3, -0.25) is 4.90 Å². The molecule has 0 unspecified atom stereocenters. The lowest BCUT2D eigenvalue weighted by molar-refractivity contribution is -0.00704. The quantitative estimate of drug-likeness (QED) is 0.647. The molecule has 0 bridgehead atoms. The van der Waals surface area contributed by atoms with Crippen LogP contribution in [-0.4, -0.2) is 47.8 Å². The minimum Gasteiger partial charge on any atom is -0.390 e. The summed E-state index contributed by atoms with van der Waals surface area (Å²) in [5.74, 6) is 0. The molecule has 3 nitrogen and oxygen atoms in total. The highest BCUT2D eigenvalue weighted by atomic mass is 16.3. The van der Waals surface area contributed by atoms with Crippen LogP contribution in [0.4, 0.5) is 0 Å². The van der Waals surface area contributed by atoms with E-state index in [0.29, 0.717) is 0 Å². The van der Waals surface area contributed by atoms with E-state index in [1.165, 1.54) is 25.9 Å². The van der Waals surface area contributed by atoms with Gasteiger partial charge in [0.15, 0.2) is 0 Å². The Bertz CT molecular complexity index is 178. The zero-order valence-corrected chi connectivity index (χ0v) is 9.13. The number of aliphatic hydroxyl groups is 1. The number of hydrogen-bond acceptors (Lipinski definition) is 3. The molecular formula is C11H22N2O. The number of nitrogens with one attached hydrogen (secondary N) is 1. The molecule has 2 fully saturated rings. The summed E-state index contributed by atoms with van der Waals surface area (Å²) in [4.78, 5) is 2.59. The predicted molar refractivity (Wildman–Crippen MR) is 57.3 cm³/mol. The molecule has 2 N–H and O–H groups in total. The lowest BCUT2D eigenvalue weighted by Gasteiger charge is -2.41. The van der Waals surface area contributed by atoms with Crippen LogP contribution in [0.15, 0.2) is 0 Å². The van der Waals surface area contributed by atoms with Crippen molar-refractivity contribution in [3.8, 4) is 0 Å². The first kappa shape index (κ1) is 10.4. The average molecular weight is 198 g/mol. The fourth-order valence-electron chi connectivity index (χ4n) is 2.64. The van der Waals surface area contributed by atoms with Crippen LogP contribution in [0.25, 0.3) is 0 Å². The van der Waals surface area contributed by atoms with E-state index < -0.39 is 0 Å². The predicted octanol–water partition coefficient (Wildman–Crippen LogP) is 0.585.